The molecule has 0 saturated carbocycles. The number of carbonyl (C=O) groups excluding carboxylic acids is 3. The number of aliphatic hydroxyl groups is 15. The van der Waals surface area contributed by atoms with E-state index in [0.29, 0.717) is 0 Å². The van der Waals surface area contributed by atoms with Crippen LogP contribution in [0.2, 0.25) is 0 Å². The molecule has 0 aliphatic carbocycles. The lowest BCUT2D eigenvalue weighted by atomic mass is 10.0. The molecule has 0 bridgehead atoms. The standard InChI is InChI=1S/3C6H12O6.H4O7P2/c3*7-1-3(9)5(11)6(12)4(10)2-8;1-8(2,3)7-9(4,5)6/h3*1,3-6,8-12H,2H2;(H2,1,2,3)(H2,4,5,6)/t2*3-,4+,5+,6+;3-,4-,5-,6-;/m001./s1. The second-order valence-corrected chi connectivity index (χ2v) is 10.8. The molecule has 272 valence electrons. The summed E-state index contributed by atoms with van der Waals surface area (Å²) in [6.45, 7) is -2.28. The van der Waals surface area contributed by atoms with Gasteiger partial charge in [-0.2, -0.15) is 4.31 Å². The van der Waals surface area contributed by atoms with Gasteiger partial charge in [-0.15, -0.1) is 0 Å². The van der Waals surface area contributed by atoms with E-state index in [0.717, 1.165) is 0 Å². The van der Waals surface area contributed by atoms with Crippen molar-refractivity contribution < 1.29 is 124 Å². The van der Waals surface area contributed by atoms with Gasteiger partial charge < -0.3 is 111 Å². The first-order valence-corrected chi connectivity index (χ1v) is 14.6. The normalized spacial score (nSPS) is 19.6. The Morgan fingerprint density at radius 3 is 0.689 bits per heavy atom. The summed E-state index contributed by atoms with van der Waals surface area (Å²) in [5, 5.41) is 131. The Balaban J connectivity index is -0.000000251. The molecule has 0 fully saturated rings. The monoisotopic (exact) mass is 718 g/mol. The van der Waals surface area contributed by atoms with E-state index in [1.54, 1.807) is 0 Å². The smallest absolute Gasteiger partial charge is 0.394 e. The van der Waals surface area contributed by atoms with Crippen molar-refractivity contribution in [3.8, 4) is 0 Å². The largest absolute Gasteiger partial charge is 0.478 e. The van der Waals surface area contributed by atoms with Crippen molar-refractivity contribution in [1.82, 2.24) is 0 Å². The SMILES string of the molecule is O=C[C@@H](O)[C@@H](O)[C@H](O)[C@H](O)CO.O=C[C@H](O)[C@@H](O)[C@H](O)[C@H](O)CO.O=C[C@H](O)[C@@H](O)[C@H](O)[C@H](O)CO.O=P(O)(O)OP(=O)(O)O. The quantitative estimate of drug-likeness (QED) is 0.0490. The van der Waals surface area contributed by atoms with Crippen molar-refractivity contribution >= 4 is 34.5 Å². The van der Waals surface area contributed by atoms with E-state index in [9.17, 15) is 23.5 Å². The summed E-state index contributed by atoms with van der Waals surface area (Å²) in [7, 11) is -10.1. The van der Waals surface area contributed by atoms with Gasteiger partial charge in [0.15, 0.2) is 18.9 Å². The zero-order chi connectivity index (χ0) is 36.9. The Labute approximate surface area is 252 Å². The summed E-state index contributed by atoms with van der Waals surface area (Å²) in [6, 6.07) is 0. The third-order valence-corrected chi connectivity index (χ3v) is 6.18. The molecule has 0 aromatic rings. The average molecular weight is 718 g/mol. The predicted molar refractivity (Wildman–Crippen MR) is 137 cm³/mol. The molecular formula is C18H40O25P2. The molecule has 0 aromatic carbocycles. The van der Waals surface area contributed by atoms with Crippen molar-refractivity contribution in [3.63, 3.8) is 0 Å². The fourth-order valence-electron chi connectivity index (χ4n) is 1.99. The lowest BCUT2D eigenvalue weighted by Crippen LogP contribution is -2.46. The van der Waals surface area contributed by atoms with Gasteiger partial charge in [-0.25, -0.2) is 9.13 Å². The van der Waals surface area contributed by atoms with Crippen LogP contribution in [0.15, 0.2) is 0 Å². The maximum Gasteiger partial charge on any atom is 0.478 e. The molecule has 27 heteroatoms. The number of rotatable bonds is 17. The number of hydrogen-bond donors (Lipinski definition) is 19. The Bertz CT molecular complexity index is 771. The van der Waals surface area contributed by atoms with E-state index in [-0.39, 0.29) is 18.9 Å². The second-order valence-electron chi connectivity index (χ2n) is 8.14. The van der Waals surface area contributed by atoms with Gasteiger partial charge in [-0.05, 0) is 0 Å². The van der Waals surface area contributed by atoms with Crippen LogP contribution in [0.1, 0.15) is 0 Å². The first-order valence-electron chi connectivity index (χ1n) is 11.5. The molecule has 0 aliphatic heterocycles. The minimum atomic E-state index is -5.05. The third-order valence-electron chi connectivity index (χ3n) is 4.47. The van der Waals surface area contributed by atoms with Crippen molar-refractivity contribution in [3.05, 3.63) is 0 Å². The fraction of sp³-hybridized carbons (Fsp3) is 0.833. The first-order chi connectivity index (χ1) is 20.3. The van der Waals surface area contributed by atoms with Crippen LogP contribution in [0.5, 0.6) is 0 Å². The predicted octanol–water partition coefficient (Wildman–Crippen LogP) is -10.9. The molecule has 19 N–H and O–H groups in total. The van der Waals surface area contributed by atoms with Crippen LogP contribution in [0, 0.1) is 0 Å². The highest BCUT2D eigenvalue weighted by Gasteiger charge is 2.31. The topological polar surface area (TPSA) is 479 Å². The number of aliphatic hydroxyl groups excluding tert-OH is 15. The summed E-state index contributed by atoms with van der Waals surface area (Å²) in [4.78, 5) is 60.7. The van der Waals surface area contributed by atoms with Gasteiger partial charge in [-0.1, -0.05) is 0 Å². The van der Waals surface area contributed by atoms with E-state index in [2.05, 4.69) is 4.31 Å². The Kier molecular flexibility index (Phi) is 28.9. The number of hydrogen-bond acceptors (Lipinski definition) is 21. The van der Waals surface area contributed by atoms with E-state index in [1.165, 1.54) is 0 Å². The Hall–Kier alpha value is -1.33. The summed E-state index contributed by atoms with van der Waals surface area (Å²) in [5.41, 5.74) is 0. The van der Waals surface area contributed by atoms with Crippen LogP contribution in [0.25, 0.3) is 0 Å². The number of carbonyl (C=O) groups is 3. The average Bonchev–Trinajstić information content (AvgIpc) is 2.98. The van der Waals surface area contributed by atoms with Crippen LogP contribution >= 0.6 is 15.6 Å². The first kappa shape index (κ1) is 50.5. The molecule has 0 radical (unpaired) electrons. The molecule has 0 aliphatic rings. The number of aldehydes is 3. The molecule has 0 aromatic heterocycles. The van der Waals surface area contributed by atoms with E-state index < -0.39 is 109 Å². The molecule has 0 rings (SSSR count). The summed E-state index contributed by atoms with van der Waals surface area (Å²) < 4.78 is 22.2. The highest BCUT2D eigenvalue weighted by molar-refractivity contribution is 7.60. The molecule has 12 atom stereocenters. The highest BCUT2D eigenvalue weighted by atomic mass is 31.3. The summed E-state index contributed by atoms with van der Waals surface area (Å²) in [6.07, 6.45) is -20.5. The van der Waals surface area contributed by atoms with Crippen molar-refractivity contribution in [1.29, 1.82) is 0 Å². The maximum absolute atomic E-state index is 9.90. The molecular weight excluding hydrogens is 678 g/mol. The molecule has 0 heterocycles. The van der Waals surface area contributed by atoms with E-state index in [1.807, 2.05) is 0 Å². The van der Waals surface area contributed by atoms with Crippen molar-refractivity contribution in [2.24, 2.45) is 0 Å². The van der Waals surface area contributed by atoms with Crippen LogP contribution in [0.3, 0.4) is 0 Å². The van der Waals surface area contributed by atoms with Crippen LogP contribution in [-0.2, 0) is 27.8 Å². The van der Waals surface area contributed by atoms with Crippen LogP contribution in [-0.4, -0.2) is 208 Å². The Morgan fingerprint density at radius 1 is 0.422 bits per heavy atom. The zero-order valence-electron chi connectivity index (χ0n) is 22.6. The molecule has 0 unspecified atom stereocenters. The lowest BCUT2D eigenvalue weighted by molar-refractivity contribution is -0.136. The van der Waals surface area contributed by atoms with Gasteiger partial charge in [0.2, 0.25) is 0 Å². The van der Waals surface area contributed by atoms with Gasteiger partial charge in [0.05, 0.1) is 19.8 Å². The summed E-state index contributed by atoms with van der Waals surface area (Å²) in [5.74, 6) is 0. The van der Waals surface area contributed by atoms with Gasteiger partial charge in [0, 0.05) is 0 Å². The maximum atomic E-state index is 9.90. The zero-order valence-corrected chi connectivity index (χ0v) is 24.4. The fourth-order valence-corrected chi connectivity index (χ4v) is 3.10. The third kappa shape index (κ3) is 25.4. The van der Waals surface area contributed by atoms with Gasteiger partial charge in [0.1, 0.15) is 73.2 Å². The molecule has 0 amide bonds. The minimum absolute atomic E-state index is 0.0258. The lowest BCUT2D eigenvalue weighted by Gasteiger charge is -2.22. The number of phosphoric acid groups is 2. The van der Waals surface area contributed by atoms with Crippen LogP contribution < -0.4 is 0 Å². The second kappa shape index (κ2) is 25.7. The molecule has 0 spiro atoms. The highest BCUT2D eigenvalue weighted by Crippen LogP contribution is 2.53. The summed E-state index contributed by atoms with van der Waals surface area (Å²) >= 11 is 0. The Morgan fingerprint density at radius 2 is 0.600 bits per heavy atom. The van der Waals surface area contributed by atoms with Crippen molar-refractivity contribution in [2.45, 2.75) is 73.2 Å². The molecule has 45 heavy (non-hydrogen) atoms. The van der Waals surface area contributed by atoms with E-state index in [4.69, 9.17) is 96.2 Å². The molecule has 25 nitrogen and oxygen atoms in total. The van der Waals surface area contributed by atoms with Gasteiger partial charge >= 0.3 is 15.6 Å². The van der Waals surface area contributed by atoms with Crippen LogP contribution in [0.4, 0.5) is 0 Å². The minimum Gasteiger partial charge on any atom is -0.394 e. The van der Waals surface area contributed by atoms with Gasteiger partial charge in [-0.3, -0.25) is 0 Å². The van der Waals surface area contributed by atoms with Gasteiger partial charge in [0.25, 0.3) is 0 Å². The van der Waals surface area contributed by atoms with E-state index >= 15 is 0 Å². The molecule has 0 saturated heterocycles. The van der Waals surface area contributed by atoms with Crippen molar-refractivity contribution in [2.75, 3.05) is 19.8 Å².